The van der Waals surface area contributed by atoms with Crippen LogP contribution in [0.4, 0.5) is 8.78 Å². The van der Waals surface area contributed by atoms with E-state index in [1.165, 1.54) is 28.9 Å². The first-order chi connectivity index (χ1) is 19.3. The molecular weight excluding hydrogens is 748 g/mol. The molecule has 0 aromatic heterocycles. The number of allylic oxidation sites excluding steroid dienone is 8. The van der Waals surface area contributed by atoms with Crippen LogP contribution in [0, 0.1) is 11.6 Å². The second-order valence-electron chi connectivity index (χ2n) is 11.1. The Hall–Kier alpha value is -2.63. The van der Waals surface area contributed by atoms with Crippen molar-refractivity contribution >= 4 is 49.5 Å². The Kier molecular flexibility index (Phi) is 9.64. The van der Waals surface area contributed by atoms with Crippen LogP contribution in [0.25, 0.3) is 11.1 Å². The van der Waals surface area contributed by atoms with Gasteiger partial charge in [-0.2, -0.15) is 0 Å². The maximum atomic E-state index is 13.8. The van der Waals surface area contributed by atoms with E-state index in [0.717, 1.165) is 24.0 Å². The van der Waals surface area contributed by atoms with Gasteiger partial charge >= 0.3 is 239 Å². The van der Waals surface area contributed by atoms with E-state index in [-0.39, 0.29) is 36.4 Å². The standard InChI is InChI=1S/2C12H10F.2C6H5.2ClH.Hf.H2Si/c2*1-9-3-2-4-12(9)10-5-7-11(13)8-6-10;2*1-2-4-6-5-3-1;;;;/h2*4-8H,2H2,1H3;2*1-5H;2*1H;;1H2. The van der Waals surface area contributed by atoms with E-state index in [1.807, 2.05) is 24.3 Å². The third-order valence-corrected chi connectivity index (χ3v) is 48.2. The molecule has 0 aliphatic heterocycles. The van der Waals surface area contributed by atoms with Crippen molar-refractivity contribution < 1.29 is 25.9 Å². The second-order valence-corrected chi connectivity index (χ2v) is 41.6. The molecule has 0 saturated carbocycles. The Balaban J connectivity index is 0.00000202. The molecule has 0 nitrogen and oxygen atoms in total. The molecule has 0 heterocycles. The molecule has 0 spiro atoms. The molecule has 0 bridgehead atoms. The molecule has 0 fully saturated rings. The van der Waals surface area contributed by atoms with Crippen molar-refractivity contribution in [3.05, 3.63) is 162 Å². The van der Waals surface area contributed by atoms with Crippen molar-refractivity contribution in [3.8, 4) is 0 Å². The predicted molar refractivity (Wildman–Crippen MR) is 179 cm³/mol. The van der Waals surface area contributed by atoms with Crippen molar-refractivity contribution in [3.63, 3.8) is 0 Å². The number of hydrogen-bond donors (Lipinski definition) is 0. The van der Waals surface area contributed by atoms with Gasteiger partial charge in [-0.25, -0.2) is 0 Å². The number of benzene rings is 4. The normalized spacial score (nSPS) is 15.2. The Bertz CT molecular complexity index is 1670. The number of halogens is 4. The fourth-order valence-electron chi connectivity index (χ4n) is 7.21. The molecule has 0 unspecified atom stereocenters. The van der Waals surface area contributed by atoms with Crippen molar-refractivity contribution in [2.75, 3.05) is 0 Å². The van der Waals surface area contributed by atoms with Crippen molar-refractivity contribution in [1.29, 1.82) is 0 Å². The predicted octanol–water partition coefficient (Wildman–Crippen LogP) is 8.52. The van der Waals surface area contributed by atoms with E-state index < -0.39 is 17.1 Å². The van der Waals surface area contributed by atoms with Gasteiger partial charge in [0.1, 0.15) is 0 Å². The van der Waals surface area contributed by atoms with Gasteiger partial charge in [-0.1, -0.05) is 0 Å². The molecule has 0 amide bonds. The van der Waals surface area contributed by atoms with E-state index in [2.05, 4.69) is 93.6 Å². The van der Waals surface area contributed by atoms with E-state index in [1.54, 1.807) is 30.9 Å². The molecule has 0 saturated heterocycles. The van der Waals surface area contributed by atoms with Crippen LogP contribution in [0.1, 0.15) is 37.8 Å². The van der Waals surface area contributed by atoms with Gasteiger partial charge in [-0.15, -0.1) is 24.8 Å². The molecule has 214 valence electrons. The summed E-state index contributed by atoms with van der Waals surface area (Å²) in [6, 6.07) is 36.1. The van der Waals surface area contributed by atoms with Gasteiger partial charge in [0.15, 0.2) is 0 Å². The first-order valence-corrected chi connectivity index (χ1v) is 29.3. The zero-order valence-electron chi connectivity index (χ0n) is 23.7. The Labute approximate surface area is 262 Å². The minimum atomic E-state index is -4.66. The maximum absolute atomic E-state index is 13.8. The topological polar surface area (TPSA) is 0 Å². The maximum Gasteiger partial charge on any atom is -0.147 e. The van der Waals surface area contributed by atoms with E-state index >= 15 is 0 Å². The zero-order valence-corrected chi connectivity index (χ0v) is 30.4. The SMILES string of the molecule is CC1=[C]([Hf](=[SiH2])([C]2=C(C)C(c3ccc(F)cc3)=CC2)([c]2ccccc2)[c]2ccccc2)CC=C1c1ccc(F)cc1.Cl.Cl. The summed E-state index contributed by atoms with van der Waals surface area (Å²) in [6.45, 7) is 6.83. The molecule has 0 N–H and O–H groups in total. The molecule has 4 aromatic carbocycles. The zero-order chi connectivity index (χ0) is 27.9. The summed E-state index contributed by atoms with van der Waals surface area (Å²) in [5.74, 6) is -0.432. The second kappa shape index (κ2) is 12.5. The van der Waals surface area contributed by atoms with Gasteiger partial charge in [0, 0.05) is 0 Å². The summed E-state index contributed by atoms with van der Waals surface area (Å²) in [5.41, 5.74) is 7.18. The molecule has 0 atom stereocenters. The fraction of sp³-hybridized carbons (Fsp3) is 0.111. The average Bonchev–Trinajstić information content (AvgIpc) is 3.58. The molecule has 2 aliphatic carbocycles. The average molecular weight is 782 g/mol. The minimum absolute atomic E-state index is 0. The molecule has 2 aliphatic rings. The summed E-state index contributed by atoms with van der Waals surface area (Å²) >= 11 is -4.66. The van der Waals surface area contributed by atoms with Crippen LogP contribution in [-0.4, -0.2) is 6.94 Å². The van der Waals surface area contributed by atoms with Gasteiger partial charge in [0.05, 0.1) is 0 Å². The monoisotopic (exact) mass is 782 g/mol. The van der Waals surface area contributed by atoms with Gasteiger partial charge in [-0.05, 0) is 0 Å². The fourth-order valence-corrected chi connectivity index (χ4v) is 42.8. The number of rotatable bonds is 6. The van der Waals surface area contributed by atoms with Crippen LogP contribution in [0.5, 0.6) is 0 Å². The minimum Gasteiger partial charge on any atom is -0.147 e. The van der Waals surface area contributed by atoms with Gasteiger partial charge in [-0.3, -0.25) is 0 Å². The van der Waals surface area contributed by atoms with Crippen molar-refractivity contribution in [1.82, 2.24) is 0 Å². The van der Waals surface area contributed by atoms with Gasteiger partial charge in [0.2, 0.25) is 0 Å². The molecular formula is C36H34Cl2F2HfSi. The third-order valence-electron chi connectivity index (χ3n) is 9.20. The van der Waals surface area contributed by atoms with Crippen LogP contribution >= 0.6 is 24.8 Å². The molecule has 6 rings (SSSR count). The Morgan fingerprint density at radius 2 is 0.857 bits per heavy atom. The van der Waals surface area contributed by atoms with E-state index in [4.69, 9.17) is 0 Å². The molecule has 4 aromatic rings. The molecule has 42 heavy (non-hydrogen) atoms. The summed E-state index contributed by atoms with van der Waals surface area (Å²) in [4.78, 5) is 0. The Morgan fingerprint density at radius 1 is 0.524 bits per heavy atom. The summed E-state index contributed by atoms with van der Waals surface area (Å²) in [6.07, 6.45) is 6.47. The van der Waals surface area contributed by atoms with Crippen LogP contribution in [-0.2, 0) is 17.1 Å². The van der Waals surface area contributed by atoms with Crippen LogP contribution in [0.2, 0.25) is 0 Å². The quantitative estimate of drug-likeness (QED) is 0.172. The molecule has 0 radical (unpaired) electrons. The molecule has 6 heteroatoms. The van der Waals surface area contributed by atoms with Crippen LogP contribution < -0.4 is 6.64 Å². The van der Waals surface area contributed by atoms with Gasteiger partial charge in [0.25, 0.3) is 0 Å². The first-order valence-electron chi connectivity index (χ1n) is 13.8. The van der Waals surface area contributed by atoms with E-state index in [0.29, 0.717) is 0 Å². The van der Waals surface area contributed by atoms with Crippen molar-refractivity contribution in [2.45, 2.75) is 26.7 Å². The largest absolute Gasteiger partial charge is 0.147 e. The van der Waals surface area contributed by atoms with Crippen LogP contribution in [0.3, 0.4) is 0 Å². The Morgan fingerprint density at radius 3 is 1.19 bits per heavy atom. The van der Waals surface area contributed by atoms with Crippen molar-refractivity contribution in [2.24, 2.45) is 0 Å². The first kappa shape index (κ1) is 32.3. The van der Waals surface area contributed by atoms with Crippen LogP contribution in [0.15, 0.2) is 139 Å². The smallest absolute Gasteiger partial charge is 0.147 e. The summed E-state index contributed by atoms with van der Waals surface area (Å²) < 4.78 is 33.7. The number of hydrogen-bond acceptors (Lipinski definition) is 0. The summed E-state index contributed by atoms with van der Waals surface area (Å²) in [7, 11) is 0. The van der Waals surface area contributed by atoms with Gasteiger partial charge < -0.3 is 0 Å². The third kappa shape index (κ3) is 5.01. The summed E-state index contributed by atoms with van der Waals surface area (Å²) in [5, 5.41) is 0. The van der Waals surface area contributed by atoms with E-state index in [9.17, 15) is 8.78 Å².